The number of hydrogen-bond acceptors (Lipinski definition) is 2. The second-order valence-electron chi connectivity index (χ2n) is 5.44. The van der Waals surface area contributed by atoms with E-state index in [-0.39, 0.29) is 5.56 Å². The molecule has 1 aliphatic heterocycles. The Balaban J connectivity index is 1.70. The third-order valence-electron chi connectivity index (χ3n) is 3.96. The first-order valence-electron chi connectivity index (χ1n) is 7.05. The molecule has 21 heavy (non-hydrogen) atoms. The quantitative estimate of drug-likeness (QED) is 0.938. The van der Waals surface area contributed by atoms with E-state index in [9.17, 15) is 13.9 Å². The summed E-state index contributed by atoms with van der Waals surface area (Å²) in [7, 11) is 0. The van der Waals surface area contributed by atoms with Gasteiger partial charge < -0.3 is 5.11 Å². The van der Waals surface area contributed by atoms with Crippen LogP contribution in [-0.4, -0.2) is 23.1 Å². The molecular weight excluding hydrogens is 272 g/mol. The minimum Gasteiger partial charge on any atom is -0.387 e. The predicted octanol–water partition coefficient (Wildman–Crippen LogP) is 3.06. The molecule has 1 heterocycles. The van der Waals surface area contributed by atoms with Crippen LogP contribution in [0.15, 0.2) is 42.5 Å². The van der Waals surface area contributed by atoms with Crippen LogP contribution in [0.5, 0.6) is 0 Å². The lowest BCUT2D eigenvalue weighted by Crippen LogP contribution is -2.34. The summed E-state index contributed by atoms with van der Waals surface area (Å²) in [6.45, 7) is 1.92. The summed E-state index contributed by atoms with van der Waals surface area (Å²) in [6, 6.07) is 11.5. The van der Waals surface area contributed by atoms with E-state index in [1.54, 1.807) is 0 Å². The Morgan fingerprint density at radius 1 is 1.10 bits per heavy atom. The first-order valence-corrected chi connectivity index (χ1v) is 7.05. The first-order chi connectivity index (χ1) is 10.1. The molecule has 0 saturated heterocycles. The first kappa shape index (κ1) is 14.2. The fourth-order valence-corrected chi connectivity index (χ4v) is 2.82. The van der Waals surface area contributed by atoms with Gasteiger partial charge in [-0.15, -0.1) is 0 Å². The summed E-state index contributed by atoms with van der Waals surface area (Å²) in [5.74, 6) is -1.32. The van der Waals surface area contributed by atoms with Gasteiger partial charge in [-0.25, -0.2) is 8.78 Å². The molecule has 0 radical (unpaired) electrons. The Bertz CT molecular complexity index is 644. The molecule has 0 aromatic heterocycles. The van der Waals surface area contributed by atoms with Crippen LogP contribution in [0.1, 0.15) is 22.8 Å². The lowest BCUT2D eigenvalue weighted by atomic mass is 9.99. The van der Waals surface area contributed by atoms with Crippen LogP contribution in [0.25, 0.3) is 0 Å². The van der Waals surface area contributed by atoms with E-state index in [2.05, 4.69) is 17.0 Å². The molecule has 0 spiro atoms. The van der Waals surface area contributed by atoms with Crippen molar-refractivity contribution in [1.29, 1.82) is 0 Å². The van der Waals surface area contributed by atoms with Crippen molar-refractivity contribution in [2.45, 2.75) is 19.1 Å². The fourth-order valence-electron chi connectivity index (χ4n) is 2.82. The van der Waals surface area contributed by atoms with E-state index in [4.69, 9.17) is 0 Å². The Morgan fingerprint density at radius 2 is 1.86 bits per heavy atom. The maximum absolute atomic E-state index is 13.7. The van der Waals surface area contributed by atoms with Crippen LogP contribution in [0, 0.1) is 11.6 Å². The molecule has 2 aromatic rings. The van der Waals surface area contributed by atoms with Gasteiger partial charge in [0.2, 0.25) is 0 Å². The Labute approximate surface area is 122 Å². The number of rotatable bonds is 3. The molecule has 0 fully saturated rings. The molecular formula is C17H17F2NO. The topological polar surface area (TPSA) is 23.5 Å². The van der Waals surface area contributed by atoms with Crippen LogP contribution in [0.3, 0.4) is 0 Å². The van der Waals surface area contributed by atoms with Crippen molar-refractivity contribution >= 4 is 0 Å². The summed E-state index contributed by atoms with van der Waals surface area (Å²) in [6.07, 6.45) is -0.0229. The fraction of sp³-hybridized carbons (Fsp3) is 0.294. The molecule has 0 amide bonds. The highest BCUT2D eigenvalue weighted by molar-refractivity contribution is 5.29. The molecule has 1 atom stereocenters. The number of benzene rings is 2. The number of aliphatic hydroxyl groups is 1. The van der Waals surface area contributed by atoms with Gasteiger partial charge in [0.1, 0.15) is 11.6 Å². The maximum Gasteiger partial charge on any atom is 0.131 e. The number of aliphatic hydroxyl groups excluding tert-OH is 1. The molecule has 2 aromatic carbocycles. The normalized spacial score (nSPS) is 16.5. The second kappa shape index (κ2) is 5.92. The van der Waals surface area contributed by atoms with E-state index < -0.39 is 17.7 Å². The largest absolute Gasteiger partial charge is 0.387 e. The third-order valence-corrected chi connectivity index (χ3v) is 3.96. The van der Waals surface area contributed by atoms with Crippen LogP contribution >= 0.6 is 0 Å². The van der Waals surface area contributed by atoms with Crippen molar-refractivity contribution in [2.24, 2.45) is 0 Å². The zero-order chi connectivity index (χ0) is 14.8. The Morgan fingerprint density at radius 3 is 2.62 bits per heavy atom. The van der Waals surface area contributed by atoms with E-state index in [0.717, 1.165) is 25.6 Å². The Hall–Kier alpha value is -1.78. The zero-order valence-corrected chi connectivity index (χ0v) is 11.6. The van der Waals surface area contributed by atoms with Crippen LogP contribution < -0.4 is 0 Å². The number of halogens is 2. The molecule has 3 rings (SSSR count). The standard InChI is InChI=1S/C17H17F2NO/c18-14-5-6-15(16(19)9-14)17(21)11-20-8-7-12-3-1-2-4-13(12)10-20/h1-6,9,17,21H,7-8,10-11H2/t17-/m1/s1. The van der Waals surface area contributed by atoms with Gasteiger partial charge in [0.05, 0.1) is 6.10 Å². The average molecular weight is 289 g/mol. The molecule has 1 aliphatic rings. The smallest absolute Gasteiger partial charge is 0.131 e. The highest BCUT2D eigenvalue weighted by Gasteiger charge is 2.21. The molecule has 0 unspecified atom stereocenters. The van der Waals surface area contributed by atoms with Gasteiger partial charge in [0.15, 0.2) is 0 Å². The molecule has 0 aliphatic carbocycles. The lowest BCUT2D eigenvalue weighted by Gasteiger charge is -2.30. The number of β-amino-alcohol motifs (C(OH)–C–C–N with tert-alkyl or cyclic N) is 1. The monoisotopic (exact) mass is 289 g/mol. The summed E-state index contributed by atoms with van der Waals surface area (Å²) >= 11 is 0. The molecule has 2 nitrogen and oxygen atoms in total. The molecule has 1 N–H and O–H groups in total. The van der Waals surface area contributed by atoms with Crippen LogP contribution in [0.2, 0.25) is 0 Å². The van der Waals surface area contributed by atoms with Crippen molar-refractivity contribution in [2.75, 3.05) is 13.1 Å². The van der Waals surface area contributed by atoms with Gasteiger partial charge in [-0.1, -0.05) is 30.3 Å². The lowest BCUT2D eigenvalue weighted by molar-refractivity contribution is 0.103. The van der Waals surface area contributed by atoms with E-state index >= 15 is 0 Å². The Kier molecular flexibility index (Phi) is 3.99. The number of hydrogen-bond donors (Lipinski definition) is 1. The van der Waals surface area contributed by atoms with Crippen molar-refractivity contribution in [3.8, 4) is 0 Å². The van der Waals surface area contributed by atoms with Gasteiger partial charge in [-0.05, 0) is 23.6 Å². The number of fused-ring (bicyclic) bond motifs is 1. The molecule has 0 saturated carbocycles. The van der Waals surface area contributed by atoms with Crippen molar-refractivity contribution in [3.63, 3.8) is 0 Å². The predicted molar refractivity (Wildman–Crippen MR) is 76.7 cm³/mol. The van der Waals surface area contributed by atoms with Gasteiger partial charge >= 0.3 is 0 Å². The molecule has 0 bridgehead atoms. The summed E-state index contributed by atoms with van der Waals surface area (Å²) in [4.78, 5) is 2.09. The van der Waals surface area contributed by atoms with Crippen LogP contribution in [0.4, 0.5) is 8.78 Å². The summed E-state index contributed by atoms with van der Waals surface area (Å²) in [5, 5.41) is 10.2. The minimum atomic E-state index is -0.948. The maximum atomic E-state index is 13.7. The van der Waals surface area contributed by atoms with Gasteiger partial charge in [-0.3, -0.25) is 4.90 Å². The van der Waals surface area contributed by atoms with Gasteiger partial charge in [0.25, 0.3) is 0 Å². The van der Waals surface area contributed by atoms with Crippen LogP contribution in [-0.2, 0) is 13.0 Å². The highest BCUT2D eigenvalue weighted by Crippen LogP contribution is 2.23. The molecule has 4 heteroatoms. The average Bonchev–Trinajstić information content (AvgIpc) is 2.47. The van der Waals surface area contributed by atoms with E-state index in [1.807, 2.05) is 12.1 Å². The third kappa shape index (κ3) is 3.12. The number of nitrogens with zero attached hydrogens (tertiary/aromatic N) is 1. The second-order valence-corrected chi connectivity index (χ2v) is 5.44. The molecule has 110 valence electrons. The SMILES string of the molecule is O[C@H](CN1CCc2ccccc2C1)c1ccc(F)cc1F. The van der Waals surface area contributed by atoms with Crippen molar-refractivity contribution < 1.29 is 13.9 Å². The van der Waals surface area contributed by atoms with E-state index in [0.29, 0.717) is 6.54 Å². The summed E-state index contributed by atoms with van der Waals surface area (Å²) < 4.78 is 26.6. The van der Waals surface area contributed by atoms with Gasteiger partial charge in [0, 0.05) is 31.3 Å². The summed E-state index contributed by atoms with van der Waals surface area (Å²) in [5.41, 5.74) is 2.72. The highest BCUT2D eigenvalue weighted by atomic mass is 19.1. The van der Waals surface area contributed by atoms with Crippen molar-refractivity contribution in [1.82, 2.24) is 4.90 Å². The zero-order valence-electron chi connectivity index (χ0n) is 11.6. The van der Waals surface area contributed by atoms with Gasteiger partial charge in [-0.2, -0.15) is 0 Å². The van der Waals surface area contributed by atoms with E-state index in [1.165, 1.54) is 23.3 Å². The van der Waals surface area contributed by atoms with Crippen molar-refractivity contribution in [3.05, 3.63) is 70.8 Å². The minimum absolute atomic E-state index is 0.148.